The van der Waals surface area contributed by atoms with Gasteiger partial charge < -0.3 is 15.0 Å². The summed E-state index contributed by atoms with van der Waals surface area (Å²) in [6, 6.07) is 0.623. The fourth-order valence-electron chi connectivity index (χ4n) is 2.76. The number of hydrogen-bond donors (Lipinski definition) is 1. The molecule has 0 bridgehead atoms. The number of alkyl halides is 6. The summed E-state index contributed by atoms with van der Waals surface area (Å²) in [5, 5.41) is 4.37. The number of aromatic nitrogens is 1. The van der Waals surface area contributed by atoms with Crippen molar-refractivity contribution in [1.82, 2.24) is 9.88 Å². The first kappa shape index (κ1) is 26.6. The van der Waals surface area contributed by atoms with Crippen molar-refractivity contribution in [2.75, 3.05) is 31.6 Å². The van der Waals surface area contributed by atoms with Crippen molar-refractivity contribution in [3.63, 3.8) is 0 Å². The quantitative estimate of drug-likeness (QED) is 0.391. The highest BCUT2D eigenvalue weighted by Crippen LogP contribution is 2.36. The van der Waals surface area contributed by atoms with E-state index in [-0.39, 0.29) is 30.8 Å². The molecular formula is C20H21F6N3O3S. The fraction of sp³-hybridized carbons (Fsp3) is 0.450. The summed E-state index contributed by atoms with van der Waals surface area (Å²) in [4.78, 5) is 30.2. The highest BCUT2D eigenvalue weighted by molar-refractivity contribution is 7.13. The highest BCUT2D eigenvalue weighted by Gasteiger charge is 2.38. The summed E-state index contributed by atoms with van der Waals surface area (Å²) >= 11 is 1.13. The predicted octanol–water partition coefficient (Wildman–Crippen LogP) is 5.00. The van der Waals surface area contributed by atoms with Crippen LogP contribution in [0.4, 0.5) is 31.5 Å². The smallest absolute Gasteiger partial charge is 0.382 e. The van der Waals surface area contributed by atoms with Gasteiger partial charge in [-0.25, -0.2) is 4.98 Å². The van der Waals surface area contributed by atoms with E-state index < -0.39 is 47.4 Å². The largest absolute Gasteiger partial charge is 0.416 e. The van der Waals surface area contributed by atoms with Crippen LogP contribution in [-0.2, 0) is 21.9 Å². The third-order valence-electron chi connectivity index (χ3n) is 4.24. The summed E-state index contributed by atoms with van der Waals surface area (Å²) in [5.74, 6) is -1.84. The minimum absolute atomic E-state index is 0.0618. The summed E-state index contributed by atoms with van der Waals surface area (Å²) in [7, 11) is 0. The molecule has 2 amide bonds. The van der Waals surface area contributed by atoms with Crippen LogP contribution in [0, 0.1) is 6.92 Å². The Bertz CT molecular complexity index is 942. The van der Waals surface area contributed by atoms with E-state index in [1.54, 1.807) is 19.2 Å². The molecule has 1 aromatic carbocycles. The maximum atomic E-state index is 13.2. The van der Waals surface area contributed by atoms with E-state index in [0.29, 0.717) is 24.4 Å². The lowest BCUT2D eigenvalue weighted by molar-refractivity contribution is -0.143. The number of rotatable bonds is 9. The molecule has 6 nitrogen and oxygen atoms in total. The number of nitrogens with one attached hydrogen (secondary N) is 1. The molecule has 2 aromatic rings. The molecule has 0 aliphatic carbocycles. The second-order valence-corrected chi connectivity index (χ2v) is 7.77. The number of benzene rings is 1. The maximum absolute atomic E-state index is 13.2. The normalized spacial score (nSPS) is 12.0. The van der Waals surface area contributed by atoms with E-state index in [1.165, 1.54) is 0 Å². The number of carbonyl (C=O) groups is 2. The Labute approximate surface area is 189 Å². The zero-order valence-corrected chi connectivity index (χ0v) is 18.5. The van der Waals surface area contributed by atoms with Gasteiger partial charge in [-0.2, -0.15) is 26.3 Å². The van der Waals surface area contributed by atoms with Gasteiger partial charge in [0, 0.05) is 30.7 Å². The van der Waals surface area contributed by atoms with Gasteiger partial charge in [-0.05, 0) is 38.5 Å². The minimum atomic E-state index is -5.10. The third-order valence-corrected chi connectivity index (χ3v) is 5.12. The molecule has 0 saturated heterocycles. The first-order chi connectivity index (χ1) is 15.3. The maximum Gasteiger partial charge on any atom is 0.416 e. The molecule has 182 valence electrons. The molecule has 0 aliphatic heterocycles. The molecule has 1 N–H and O–H groups in total. The first-order valence-electron chi connectivity index (χ1n) is 9.69. The highest BCUT2D eigenvalue weighted by atomic mass is 32.1. The van der Waals surface area contributed by atoms with Crippen molar-refractivity contribution >= 4 is 28.3 Å². The second kappa shape index (κ2) is 11.0. The monoisotopic (exact) mass is 497 g/mol. The topological polar surface area (TPSA) is 71.5 Å². The van der Waals surface area contributed by atoms with Crippen molar-refractivity contribution in [1.29, 1.82) is 0 Å². The minimum Gasteiger partial charge on any atom is -0.382 e. The number of ether oxygens (including phenoxy) is 1. The summed E-state index contributed by atoms with van der Waals surface area (Å²) in [6.45, 7) is 3.27. The van der Waals surface area contributed by atoms with Gasteiger partial charge in [0.15, 0.2) is 5.13 Å². The van der Waals surface area contributed by atoms with Gasteiger partial charge in [0.1, 0.15) is 6.54 Å². The van der Waals surface area contributed by atoms with Gasteiger partial charge >= 0.3 is 12.4 Å². The Morgan fingerprint density at radius 1 is 1.09 bits per heavy atom. The molecule has 0 radical (unpaired) electrons. The zero-order chi connectivity index (χ0) is 24.8. The van der Waals surface area contributed by atoms with E-state index in [4.69, 9.17) is 4.74 Å². The van der Waals surface area contributed by atoms with Crippen molar-refractivity contribution in [2.24, 2.45) is 0 Å². The Morgan fingerprint density at radius 3 is 2.18 bits per heavy atom. The second-order valence-electron chi connectivity index (χ2n) is 6.91. The van der Waals surface area contributed by atoms with Crippen LogP contribution >= 0.6 is 11.3 Å². The molecule has 1 aromatic heterocycles. The van der Waals surface area contributed by atoms with Crippen LogP contribution in [0.3, 0.4) is 0 Å². The lowest BCUT2D eigenvalue weighted by Crippen LogP contribution is -2.39. The van der Waals surface area contributed by atoms with Gasteiger partial charge in [-0.1, -0.05) is 0 Å². The summed E-state index contributed by atoms with van der Waals surface area (Å²) < 4.78 is 84.1. The number of aryl methyl sites for hydroxylation is 1. The van der Waals surface area contributed by atoms with Crippen LogP contribution in [0.25, 0.3) is 0 Å². The van der Waals surface area contributed by atoms with Gasteiger partial charge in [0.05, 0.1) is 16.8 Å². The number of carbonyl (C=O) groups excluding carboxylic acids is 2. The van der Waals surface area contributed by atoms with Gasteiger partial charge in [0.25, 0.3) is 5.91 Å². The van der Waals surface area contributed by atoms with E-state index >= 15 is 0 Å². The van der Waals surface area contributed by atoms with Crippen LogP contribution in [0.5, 0.6) is 0 Å². The molecule has 0 fully saturated rings. The number of thiazole rings is 1. The molecular weight excluding hydrogens is 476 g/mol. The summed E-state index contributed by atoms with van der Waals surface area (Å²) in [5.41, 5.74) is -3.41. The molecule has 13 heteroatoms. The average molecular weight is 497 g/mol. The number of anilines is 1. The predicted molar refractivity (Wildman–Crippen MR) is 109 cm³/mol. The number of amides is 2. The Balaban J connectivity index is 2.32. The van der Waals surface area contributed by atoms with Crippen LogP contribution in [0.2, 0.25) is 0 Å². The lowest BCUT2D eigenvalue weighted by atomic mass is 10.0. The molecule has 0 spiro atoms. The van der Waals surface area contributed by atoms with E-state index in [2.05, 4.69) is 10.3 Å². The molecule has 0 saturated carbocycles. The Hall–Kier alpha value is -2.67. The molecule has 0 unspecified atom stereocenters. The summed E-state index contributed by atoms with van der Waals surface area (Å²) in [6.07, 6.45) is -9.99. The average Bonchev–Trinajstić information content (AvgIpc) is 3.12. The van der Waals surface area contributed by atoms with E-state index in [0.717, 1.165) is 16.2 Å². The van der Waals surface area contributed by atoms with Crippen molar-refractivity contribution in [3.8, 4) is 0 Å². The number of halogens is 6. The number of nitrogens with zero attached hydrogens (tertiary/aromatic N) is 2. The van der Waals surface area contributed by atoms with Crippen molar-refractivity contribution in [2.45, 2.75) is 32.6 Å². The van der Waals surface area contributed by atoms with Gasteiger partial charge in [0.2, 0.25) is 5.91 Å². The van der Waals surface area contributed by atoms with Crippen LogP contribution in [0.15, 0.2) is 23.6 Å². The van der Waals surface area contributed by atoms with Crippen molar-refractivity contribution < 1.29 is 40.7 Å². The molecule has 0 atom stereocenters. The van der Waals surface area contributed by atoms with Gasteiger partial charge in [-0.3, -0.25) is 9.59 Å². The van der Waals surface area contributed by atoms with Crippen LogP contribution in [-0.4, -0.2) is 48.0 Å². The standard InChI is InChI=1S/C20H21F6N3O3S/c1-3-32-6-4-5-29(10-16(30)28-18-27-12(2)11-33-18)17(31)13-7-14(19(21,22)23)9-15(8-13)20(24,25)26/h7-9,11H,3-6,10H2,1-2H3,(H,27,28,30). The van der Waals surface area contributed by atoms with Crippen LogP contribution in [0.1, 0.15) is 40.5 Å². The molecule has 33 heavy (non-hydrogen) atoms. The molecule has 1 heterocycles. The first-order valence-corrected chi connectivity index (χ1v) is 10.6. The fourth-order valence-corrected chi connectivity index (χ4v) is 3.46. The van der Waals surface area contributed by atoms with Gasteiger partial charge in [-0.15, -0.1) is 11.3 Å². The Kier molecular flexibility index (Phi) is 8.83. The molecule has 0 aliphatic rings. The van der Waals surface area contributed by atoms with E-state index in [9.17, 15) is 35.9 Å². The Morgan fingerprint density at radius 2 is 1.70 bits per heavy atom. The third kappa shape index (κ3) is 8.00. The van der Waals surface area contributed by atoms with E-state index in [1.807, 2.05) is 0 Å². The van der Waals surface area contributed by atoms with Crippen molar-refractivity contribution in [3.05, 3.63) is 46.0 Å². The number of hydrogen-bond acceptors (Lipinski definition) is 5. The lowest BCUT2D eigenvalue weighted by Gasteiger charge is -2.23. The van der Waals surface area contributed by atoms with Crippen LogP contribution < -0.4 is 5.32 Å². The zero-order valence-electron chi connectivity index (χ0n) is 17.6. The molecule has 2 rings (SSSR count). The SMILES string of the molecule is CCOCCCN(CC(=O)Nc1nc(C)cs1)C(=O)c1cc(C(F)(F)F)cc(C(F)(F)F)c1.